The monoisotopic (exact) mass is 238 g/mol. The summed E-state index contributed by atoms with van der Waals surface area (Å²) < 4.78 is 13.6. The molecule has 1 amide bonds. The van der Waals surface area contributed by atoms with Crippen LogP contribution in [0.5, 0.6) is 0 Å². The van der Waals surface area contributed by atoms with Crippen molar-refractivity contribution in [2.75, 3.05) is 19.6 Å². The second-order valence-corrected chi connectivity index (χ2v) is 4.01. The number of nitrogens with zero attached hydrogens (tertiary/aromatic N) is 1. The van der Waals surface area contributed by atoms with Crippen molar-refractivity contribution in [1.82, 2.24) is 4.90 Å². The molecule has 0 aromatic heterocycles. The zero-order valence-corrected chi connectivity index (χ0v) is 10.4. The third-order valence-corrected chi connectivity index (χ3v) is 2.65. The average molecular weight is 238 g/mol. The van der Waals surface area contributed by atoms with Gasteiger partial charge in [0.2, 0.25) is 0 Å². The number of hydrogen-bond acceptors (Lipinski definition) is 2. The molecular formula is C13H19FN2O. The van der Waals surface area contributed by atoms with E-state index in [1.807, 2.05) is 13.8 Å². The van der Waals surface area contributed by atoms with E-state index >= 15 is 0 Å². The summed E-state index contributed by atoms with van der Waals surface area (Å²) in [5, 5.41) is 0. The SMILES string of the molecule is CCN(CCCN)C(=O)c1cc(C)ccc1F. The predicted octanol–water partition coefficient (Wildman–Crippen LogP) is 1.95. The van der Waals surface area contributed by atoms with Crippen molar-refractivity contribution in [2.45, 2.75) is 20.3 Å². The van der Waals surface area contributed by atoms with Crippen LogP contribution in [0.4, 0.5) is 4.39 Å². The van der Waals surface area contributed by atoms with Crippen molar-refractivity contribution in [2.24, 2.45) is 5.73 Å². The first-order chi connectivity index (χ1) is 8.10. The molecule has 0 unspecified atom stereocenters. The van der Waals surface area contributed by atoms with Gasteiger partial charge in [0.1, 0.15) is 5.82 Å². The van der Waals surface area contributed by atoms with Gasteiger partial charge in [-0.2, -0.15) is 0 Å². The summed E-state index contributed by atoms with van der Waals surface area (Å²) in [6.07, 6.45) is 0.729. The molecule has 0 saturated carbocycles. The molecule has 0 aliphatic heterocycles. The number of halogens is 1. The maximum atomic E-state index is 13.6. The van der Waals surface area contributed by atoms with Gasteiger partial charge in [0.05, 0.1) is 5.56 Å². The lowest BCUT2D eigenvalue weighted by Gasteiger charge is -2.21. The Morgan fingerprint density at radius 1 is 1.47 bits per heavy atom. The Bertz CT molecular complexity index is 393. The molecule has 0 atom stereocenters. The van der Waals surface area contributed by atoms with Crippen LogP contribution in [-0.2, 0) is 0 Å². The van der Waals surface area contributed by atoms with Gasteiger partial charge in [-0.15, -0.1) is 0 Å². The van der Waals surface area contributed by atoms with Crippen LogP contribution < -0.4 is 5.73 Å². The zero-order chi connectivity index (χ0) is 12.8. The summed E-state index contributed by atoms with van der Waals surface area (Å²) in [7, 11) is 0. The van der Waals surface area contributed by atoms with Crippen LogP contribution >= 0.6 is 0 Å². The Labute approximate surface area is 101 Å². The van der Waals surface area contributed by atoms with E-state index in [0.29, 0.717) is 19.6 Å². The third-order valence-electron chi connectivity index (χ3n) is 2.65. The van der Waals surface area contributed by atoms with Crippen molar-refractivity contribution in [3.05, 3.63) is 35.1 Å². The Kier molecular flexibility index (Phi) is 5.10. The molecule has 17 heavy (non-hydrogen) atoms. The maximum Gasteiger partial charge on any atom is 0.256 e. The van der Waals surface area contributed by atoms with Gasteiger partial charge in [0, 0.05) is 13.1 Å². The third kappa shape index (κ3) is 3.53. The molecule has 1 aromatic carbocycles. The minimum atomic E-state index is -0.466. The van der Waals surface area contributed by atoms with E-state index in [-0.39, 0.29) is 11.5 Å². The van der Waals surface area contributed by atoms with Gasteiger partial charge in [0.15, 0.2) is 0 Å². The number of amides is 1. The fraction of sp³-hybridized carbons (Fsp3) is 0.462. The molecule has 0 fully saturated rings. The highest BCUT2D eigenvalue weighted by molar-refractivity contribution is 5.94. The van der Waals surface area contributed by atoms with Crippen molar-refractivity contribution in [1.29, 1.82) is 0 Å². The lowest BCUT2D eigenvalue weighted by atomic mass is 10.1. The zero-order valence-electron chi connectivity index (χ0n) is 10.4. The fourth-order valence-electron chi connectivity index (χ4n) is 1.66. The van der Waals surface area contributed by atoms with E-state index in [2.05, 4.69) is 0 Å². The van der Waals surface area contributed by atoms with E-state index in [1.165, 1.54) is 6.07 Å². The number of rotatable bonds is 5. The summed E-state index contributed by atoms with van der Waals surface area (Å²) in [4.78, 5) is 13.7. The lowest BCUT2D eigenvalue weighted by Crippen LogP contribution is -2.33. The van der Waals surface area contributed by atoms with Crippen molar-refractivity contribution >= 4 is 5.91 Å². The summed E-state index contributed by atoms with van der Waals surface area (Å²) in [6, 6.07) is 4.57. The Morgan fingerprint density at radius 2 is 2.18 bits per heavy atom. The van der Waals surface area contributed by atoms with Crippen LogP contribution in [-0.4, -0.2) is 30.4 Å². The first kappa shape index (κ1) is 13.6. The largest absolute Gasteiger partial charge is 0.339 e. The fourth-order valence-corrected chi connectivity index (χ4v) is 1.66. The van der Waals surface area contributed by atoms with Gasteiger partial charge in [-0.1, -0.05) is 11.6 Å². The Morgan fingerprint density at radius 3 is 2.76 bits per heavy atom. The molecule has 94 valence electrons. The number of benzene rings is 1. The van der Waals surface area contributed by atoms with Gasteiger partial charge in [-0.25, -0.2) is 4.39 Å². The molecule has 0 heterocycles. The standard InChI is InChI=1S/C13H19FN2O/c1-3-16(8-4-7-15)13(17)11-9-10(2)5-6-12(11)14/h5-6,9H,3-4,7-8,15H2,1-2H3. The molecule has 1 rings (SSSR count). The molecule has 0 aliphatic carbocycles. The van der Waals surface area contributed by atoms with Gasteiger partial charge < -0.3 is 10.6 Å². The van der Waals surface area contributed by atoms with Crippen molar-refractivity contribution in [3.8, 4) is 0 Å². The van der Waals surface area contributed by atoms with Crippen LogP contribution in [0.3, 0.4) is 0 Å². The summed E-state index contributed by atoms with van der Waals surface area (Å²) in [5.74, 6) is -0.728. The Balaban J connectivity index is 2.89. The van der Waals surface area contributed by atoms with Gasteiger partial charge in [-0.3, -0.25) is 4.79 Å². The molecule has 4 heteroatoms. The quantitative estimate of drug-likeness (QED) is 0.852. The van der Waals surface area contributed by atoms with E-state index in [9.17, 15) is 9.18 Å². The van der Waals surface area contributed by atoms with Crippen LogP contribution in [0.25, 0.3) is 0 Å². The van der Waals surface area contributed by atoms with Crippen LogP contribution in [0.2, 0.25) is 0 Å². The molecule has 3 nitrogen and oxygen atoms in total. The molecule has 0 bridgehead atoms. The second kappa shape index (κ2) is 6.35. The molecule has 2 N–H and O–H groups in total. The highest BCUT2D eigenvalue weighted by Gasteiger charge is 2.17. The predicted molar refractivity (Wildman–Crippen MR) is 66.4 cm³/mol. The minimum absolute atomic E-state index is 0.142. The number of nitrogens with two attached hydrogens (primary N) is 1. The highest BCUT2D eigenvalue weighted by Crippen LogP contribution is 2.13. The molecule has 0 aliphatic rings. The van der Waals surface area contributed by atoms with E-state index < -0.39 is 5.82 Å². The first-order valence-electron chi connectivity index (χ1n) is 5.85. The normalized spacial score (nSPS) is 10.4. The van der Waals surface area contributed by atoms with Crippen molar-refractivity contribution < 1.29 is 9.18 Å². The molecule has 0 radical (unpaired) electrons. The number of hydrogen-bond donors (Lipinski definition) is 1. The lowest BCUT2D eigenvalue weighted by molar-refractivity contribution is 0.0759. The van der Waals surface area contributed by atoms with Crippen LogP contribution in [0.15, 0.2) is 18.2 Å². The summed E-state index contributed by atoms with van der Waals surface area (Å²) in [5.41, 5.74) is 6.43. The molecule has 0 spiro atoms. The highest BCUT2D eigenvalue weighted by atomic mass is 19.1. The smallest absolute Gasteiger partial charge is 0.256 e. The number of carbonyl (C=O) groups excluding carboxylic acids is 1. The van der Waals surface area contributed by atoms with Gasteiger partial charge in [0.25, 0.3) is 5.91 Å². The second-order valence-electron chi connectivity index (χ2n) is 4.01. The molecular weight excluding hydrogens is 219 g/mol. The van der Waals surface area contributed by atoms with E-state index in [1.54, 1.807) is 17.0 Å². The van der Waals surface area contributed by atoms with Gasteiger partial charge >= 0.3 is 0 Å². The van der Waals surface area contributed by atoms with Gasteiger partial charge in [-0.05, 0) is 38.9 Å². The molecule has 0 saturated heterocycles. The average Bonchev–Trinajstić information content (AvgIpc) is 2.33. The number of carbonyl (C=O) groups is 1. The summed E-state index contributed by atoms with van der Waals surface area (Å²) >= 11 is 0. The molecule has 1 aromatic rings. The Hall–Kier alpha value is -1.42. The summed E-state index contributed by atoms with van der Waals surface area (Å²) in [6.45, 7) is 5.38. The maximum absolute atomic E-state index is 13.6. The topological polar surface area (TPSA) is 46.3 Å². The van der Waals surface area contributed by atoms with Crippen molar-refractivity contribution in [3.63, 3.8) is 0 Å². The van der Waals surface area contributed by atoms with E-state index in [4.69, 9.17) is 5.73 Å². The van der Waals surface area contributed by atoms with Crippen LogP contribution in [0, 0.1) is 12.7 Å². The van der Waals surface area contributed by atoms with Crippen LogP contribution in [0.1, 0.15) is 29.3 Å². The number of aryl methyl sites for hydroxylation is 1. The first-order valence-corrected chi connectivity index (χ1v) is 5.85. The van der Waals surface area contributed by atoms with E-state index in [0.717, 1.165) is 12.0 Å². The minimum Gasteiger partial charge on any atom is -0.339 e.